The van der Waals surface area contributed by atoms with Gasteiger partial charge in [0.2, 0.25) is 0 Å². The van der Waals surface area contributed by atoms with Crippen LogP contribution in [0.15, 0.2) is 18.5 Å². The average Bonchev–Trinajstić information content (AvgIpc) is 2.69. The normalized spacial score (nSPS) is 10.6. The van der Waals surface area contributed by atoms with Gasteiger partial charge < -0.3 is 4.98 Å². The molecule has 2 rings (SSSR count). The molecular weight excluding hydrogens is 212 g/mol. The number of H-pyrrole nitrogens is 1. The topological polar surface area (TPSA) is 45.8 Å². The van der Waals surface area contributed by atoms with Crippen LogP contribution in [0.1, 0.15) is 34.0 Å². The average molecular weight is 228 g/mol. The number of carbonyl (C=O) groups is 1. The maximum Gasteiger partial charge on any atom is 0.160 e. The minimum absolute atomic E-state index is 0.104. The van der Waals surface area contributed by atoms with Gasteiger partial charge in [-0.05, 0) is 44.4 Å². The molecule has 0 radical (unpaired) electrons. The predicted octanol–water partition coefficient (Wildman–Crippen LogP) is 3.20. The first-order valence-electron chi connectivity index (χ1n) is 5.64. The number of hydrogen-bond acceptors (Lipinski definition) is 2. The molecule has 88 valence electrons. The third-order valence-corrected chi connectivity index (χ3v) is 3.06. The van der Waals surface area contributed by atoms with E-state index in [1.165, 1.54) is 0 Å². The Morgan fingerprint density at radius 3 is 2.47 bits per heavy atom. The van der Waals surface area contributed by atoms with Gasteiger partial charge in [-0.3, -0.25) is 4.79 Å². The molecule has 0 atom stereocenters. The van der Waals surface area contributed by atoms with Crippen LogP contribution in [0.5, 0.6) is 0 Å². The number of nitrogens with one attached hydrogen (secondary N) is 1. The number of nitrogens with zero attached hydrogens (tertiary/aromatic N) is 1. The highest BCUT2D eigenvalue weighted by molar-refractivity contribution is 5.99. The fraction of sp³-hybridized carbons (Fsp3) is 0.286. The molecule has 0 fully saturated rings. The van der Waals surface area contributed by atoms with Crippen LogP contribution in [-0.2, 0) is 0 Å². The number of hydrogen-bond donors (Lipinski definition) is 1. The summed E-state index contributed by atoms with van der Waals surface area (Å²) in [5, 5.41) is 0. The summed E-state index contributed by atoms with van der Waals surface area (Å²) < 4.78 is 0. The van der Waals surface area contributed by atoms with Crippen LogP contribution in [0, 0.1) is 20.8 Å². The number of rotatable bonds is 2. The zero-order chi connectivity index (χ0) is 12.6. The molecule has 0 saturated carbocycles. The molecule has 1 N–H and O–H groups in total. The second kappa shape index (κ2) is 4.17. The van der Waals surface area contributed by atoms with E-state index >= 15 is 0 Å². The summed E-state index contributed by atoms with van der Waals surface area (Å²) in [6.07, 6.45) is 3.52. The van der Waals surface area contributed by atoms with Gasteiger partial charge >= 0.3 is 0 Å². The van der Waals surface area contributed by atoms with Crippen LogP contribution in [0.2, 0.25) is 0 Å². The van der Waals surface area contributed by atoms with Crippen molar-refractivity contribution in [2.75, 3.05) is 0 Å². The number of aromatic amines is 1. The number of ketones is 1. The Kier molecular flexibility index (Phi) is 2.84. The van der Waals surface area contributed by atoms with Gasteiger partial charge in [0.05, 0.1) is 0 Å². The van der Waals surface area contributed by atoms with Gasteiger partial charge in [0, 0.05) is 23.5 Å². The van der Waals surface area contributed by atoms with E-state index in [1.54, 1.807) is 19.3 Å². The van der Waals surface area contributed by atoms with Crippen molar-refractivity contribution in [2.45, 2.75) is 27.7 Å². The lowest BCUT2D eigenvalue weighted by molar-refractivity contribution is 0.101. The molecule has 0 bridgehead atoms. The number of Topliss-reactive ketones (excluding diaryl/α,β-unsaturated/α-hetero) is 1. The van der Waals surface area contributed by atoms with Gasteiger partial charge in [-0.2, -0.15) is 0 Å². The van der Waals surface area contributed by atoms with E-state index in [2.05, 4.69) is 9.97 Å². The lowest BCUT2D eigenvalue weighted by Gasteiger charge is -2.14. The van der Waals surface area contributed by atoms with E-state index in [0.29, 0.717) is 0 Å². The van der Waals surface area contributed by atoms with Crippen molar-refractivity contribution in [1.82, 2.24) is 9.97 Å². The molecule has 17 heavy (non-hydrogen) atoms. The van der Waals surface area contributed by atoms with Crippen LogP contribution in [0.4, 0.5) is 0 Å². The third kappa shape index (κ3) is 1.88. The molecule has 0 amide bonds. The Morgan fingerprint density at radius 1 is 1.24 bits per heavy atom. The lowest BCUT2D eigenvalue weighted by Crippen LogP contribution is -2.04. The molecule has 0 aliphatic rings. The highest BCUT2D eigenvalue weighted by Gasteiger charge is 2.16. The quantitative estimate of drug-likeness (QED) is 0.802. The van der Waals surface area contributed by atoms with Crippen molar-refractivity contribution >= 4 is 5.78 Å². The summed E-state index contributed by atoms with van der Waals surface area (Å²) >= 11 is 0. The Balaban J connectivity index is 2.77. The second-order valence-corrected chi connectivity index (χ2v) is 4.38. The first-order valence-corrected chi connectivity index (χ1v) is 5.64. The summed E-state index contributed by atoms with van der Waals surface area (Å²) in [5.74, 6) is 0.926. The molecule has 0 aliphatic heterocycles. The van der Waals surface area contributed by atoms with Crippen LogP contribution in [0.3, 0.4) is 0 Å². The standard InChI is InChI=1S/C14H16N2O/c1-8-7-9(2)13(14-15-5-6-16-14)10(3)12(8)11(4)17/h5-7H,1-4H3,(H,15,16). The maximum atomic E-state index is 11.7. The zero-order valence-corrected chi connectivity index (χ0v) is 10.6. The number of benzene rings is 1. The first kappa shape index (κ1) is 11.6. The monoisotopic (exact) mass is 228 g/mol. The number of carbonyl (C=O) groups excluding carboxylic acids is 1. The van der Waals surface area contributed by atoms with Crippen molar-refractivity contribution in [2.24, 2.45) is 0 Å². The summed E-state index contributed by atoms with van der Waals surface area (Å²) in [5.41, 5.74) is 5.01. The summed E-state index contributed by atoms with van der Waals surface area (Å²) in [4.78, 5) is 19.1. The van der Waals surface area contributed by atoms with Gasteiger partial charge in [0.15, 0.2) is 5.78 Å². The second-order valence-electron chi connectivity index (χ2n) is 4.38. The van der Waals surface area contributed by atoms with Crippen molar-refractivity contribution in [1.29, 1.82) is 0 Å². The molecule has 0 spiro atoms. The molecule has 0 saturated heterocycles. The van der Waals surface area contributed by atoms with E-state index in [1.807, 2.05) is 26.8 Å². The predicted molar refractivity (Wildman–Crippen MR) is 68.2 cm³/mol. The van der Waals surface area contributed by atoms with E-state index < -0.39 is 0 Å². The minimum Gasteiger partial charge on any atom is -0.345 e. The van der Waals surface area contributed by atoms with E-state index in [0.717, 1.165) is 33.6 Å². The smallest absolute Gasteiger partial charge is 0.160 e. The third-order valence-electron chi connectivity index (χ3n) is 3.06. The van der Waals surface area contributed by atoms with Crippen molar-refractivity contribution in [3.05, 3.63) is 40.7 Å². The lowest BCUT2D eigenvalue weighted by atomic mass is 9.91. The van der Waals surface area contributed by atoms with Crippen LogP contribution < -0.4 is 0 Å². The Bertz CT molecular complexity index is 568. The highest BCUT2D eigenvalue weighted by atomic mass is 16.1. The van der Waals surface area contributed by atoms with Gasteiger partial charge in [-0.15, -0.1) is 0 Å². The van der Waals surface area contributed by atoms with Crippen molar-refractivity contribution < 1.29 is 4.79 Å². The maximum absolute atomic E-state index is 11.7. The number of aromatic nitrogens is 2. The van der Waals surface area contributed by atoms with Crippen LogP contribution in [0.25, 0.3) is 11.4 Å². The Labute approximate surface area is 101 Å². The molecule has 0 unspecified atom stereocenters. The summed E-state index contributed by atoms with van der Waals surface area (Å²) in [6, 6.07) is 2.04. The Morgan fingerprint density at radius 2 is 1.94 bits per heavy atom. The van der Waals surface area contributed by atoms with Crippen molar-refractivity contribution in [3.63, 3.8) is 0 Å². The molecule has 1 heterocycles. The van der Waals surface area contributed by atoms with Gasteiger partial charge in [0.25, 0.3) is 0 Å². The number of aryl methyl sites for hydroxylation is 2. The van der Waals surface area contributed by atoms with E-state index in [-0.39, 0.29) is 5.78 Å². The zero-order valence-electron chi connectivity index (χ0n) is 10.6. The largest absolute Gasteiger partial charge is 0.345 e. The van der Waals surface area contributed by atoms with Gasteiger partial charge in [-0.1, -0.05) is 6.07 Å². The molecule has 0 aliphatic carbocycles. The molecule has 3 heteroatoms. The fourth-order valence-corrected chi connectivity index (χ4v) is 2.49. The molecule has 2 aromatic rings. The summed E-state index contributed by atoms with van der Waals surface area (Å²) in [7, 11) is 0. The van der Waals surface area contributed by atoms with Gasteiger partial charge in [0.1, 0.15) is 5.82 Å². The van der Waals surface area contributed by atoms with Crippen molar-refractivity contribution in [3.8, 4) is 11.4 Å². The van der Waals surface area contributed by atoms with Gasteiger partial charge in [-0.25, -0.2) is 4.98 Å². The summed E-state index contributed by atoms with van der Waals surface area (Å²) in [6.45, 7) is 7.61. The van der Waals surface area contributed by atoms with E-state index in [4.69, 9.17) is 0 Å². The van der Waals surface area contributed by atoms with Crippen LogP contribution in [-0.4, -0.2) is 15.8 Å². The molecule has 1 aromatic heterocycles. The highest BCUT2D eigenvalue weighted by Crippen LogP contribution is 2.29. The minimum atomic E-state index is 0.104. The first-order chi connectivity index (χ1) is 8.02. The fourth-order valence-electron chi connectivity index (χ4n) is 2.49. The van der Waals surface area contributed by atoms with E-state index in [9.17, 15) is 4.79 Å². The molecule has 1 aromatic carbocycles. The number of imidazole rings is 1. The Hall–Kier alpha value is -1.90. The SMILES string of the molecule is CC(=O)c1c(C)cc(C)c(-c2ncc[nH]2)c1C. The molecular formula is C14H16N2O. The molecule has 3 nitrogen and oxygen atoms in total. The van der Waals surface area contributed by atoms with Crippen LogP contribution >= 0.6 is 0 Å².